The molecule has 0 amide bonds. The number of aryl methyl sites for hydroxylation is 2. The van der Waals surface area contributed by atoms with Crippen LogP contribution in [0.25, 0.3) is 21.3 Å². The van der Waals surface area contributed by atoms with Crippen molar-refractivity contribution in [3.63, 3.8) is 0 Å². The maximum Gasteiger partial charge on any atom is 0.302 e. The summed E-state index contributed by atoms with van der Waals surface area (Å²) in [5.74, 6) is 0.409. The van der Waals surface area contributed by atoms with Crippen molar-refractivity contribution in [3.8, 4) is 5.75 Å². The second-order valence-corrected chi connectivity index (χ2v) is 6.85. The van der Waals surface area contributed by atoms with Gasteiger partial charge in [0.1, 0.15) is 11.3 Å². The van der Waals surface area contributed by atoms with Crippen molar-refractivity contribution in [2.24, 2.45) is 0 Å². The summed E-state index contributed by atoms with van der Waals surface area (Å²) >= 11 is 1.26. The van der Waals surface area contributed by atoms with E-state index in [0.29, 0.717) is 32.7 Å². The summed E-state index contributed by atoms with van der Waals surface area (Å²) < 4.78 is 11.5. The molecule has 4 rings (SSSR count). The molecule has 0 saturated heterocycles. The molecule has 9 heteroatoms. The van der Waals surface area contributed by atoms with Crippen LogP contribution in [0, 0.1) is 24.0 Å². The second-order valence-electron chi connectivity index (χ2n) is 5.82. The van der Waals surface area contributed by atoms with E-state index >= 15 is 0 Å². The molecule has 26 heavy (non-hydrogen) atoms. The van der Waals surface area contributed by atoms with Crippen molar-refractivity contribution in [1.82, 2.24) is 9.97 Å². The van der Waals surface area contributed by atoms with Gasteiger partial charge in [-0.05, 0) is 37.1 Å². The predicted octanol–water partition coefficient (Wildman–Crippen LogP) is 4.71. The van der Waals surface area contributed by atoms with Crippen LogP contribution in [-0.4, -0.2) is 22.0 Å². The summed E-state index contributed by atoms with van der Waals surface area (Å²) in [6, 6.07) is 7.24. The number of nitro benzene ring substituents is 1. The van der Waals surface area contributed by atoms with Crippen molar-refractivity contribution in [1.29, 1.82) is 0 Å². The molecular weight excluding hydrogens is 356 g/mol. The second kappa shape index (κ2) is 5.95. The number of benzene rings is 2. The van der Waals surface area contributed by atoms with E-state index in [9.17, 15) is 10.1 Å². The number of oxazole rings is 1. The average Bonchev–Trinajstić information content (AvgIpc) is 3.16. The Hall–Kier alpha value is -3.20. The fourth-order valence-electron chi connectivity index (χ4n) is 2.62. The van der Waals surface area contributed by atoms with E-state index in [1.807, 2.05) is 26.0 Å². The molecule has 0 aliphatic rings. The Labute approximate surface area is 151 Å². The summed E-state index contributed by atoms with van der Waals surface area (Å²) in [6.45, 7) is 4.01. The molecule has 2 heterocycles. The van der Waals surface area contributed by atoms with Crippen molar-refractivity contribution in [3.05, 3.63) is 45.5 Å². The number of nitro groups is 1. The number of anilines is 2. The molecule has 0 spiro atoms. The lowest BCUT2D eigenvalue weighted by Gasteiger charge is -1.99. The largest absolute Gasteiger partial charge is 0.496 e. The summed E-state index contributed by atoms with van der Waals surface area (Å²) in [5.41, 5.74) is 3.84. The van der Waals surface area contributed by atoms with Gasteiger partial charge in [-0.1, -0.05) is 11.3 Å². The van der Waals surface area contributed by atoms with Crippen LogP contribution in [-0.2, 0) is 0 Å². The van der Waals surface area contributed by atoms with Gasteiger partial charge in [0, 0.05) is 6.07 Å². The number of thiazole rings is 1. The molecule has 0 atom stereocenters. The Bertz CT molecular complexity index is 1130. The van der Waals surface area contributed by atoms with E-state index in [-0.39, 0.29) is 5.69 Å². The molecular formula is C17H14N4O4S. The van der Waals surface area contributed by atoms with Crippen molar-refractivity contribution in [2.45, 2.75) is 13.8 Å². The van der Waals surface area contributed by atoms with Gasteiger partial charge in [-0.2, -0.15) is 4.98 Å². The number of nitrogens with zero attached hydrogens (tertiary/aromatic N) is 3. The number of fused-ring (bicyclic) bond motifs is 2. The van der Waals surface area contributed by atoms with Gasteiger partial charge in [-0.15, -0.1) is 0 Å². The first-order valence-corrected chi connectivity index (χ1v) is 8.54. The van der Waals surface area contributed by atoms with Gasteiger partial charge < -0.3 is 9.15 Å². The minimum Gasteiger partial charge on any atom is -0.496 e. The van der Waals surface area contributed by atoms with Crippen LogP contribution in [0.1, 0.15) is 11.1 Å². The lowest BCUT2D eigenvalue weighted by molar-refractivity contribution is -0.383. The molecule has 8 nitrogen and oxygen atoms in total. The Balaban J connectivity index is 1.75. The van der Waals surface area contributed by atoms with Gasteiger partial charge >= 0.3 is 6.01 Å². The summed E-state index contributed by atoms with van der Waals surface area (Å²) in [6.07, 6.45) is 0. The molecule has 1 N–H and O–H groups in total. The highest BCUT2D eigenvalue weighted by Gasteiger charge is 2.20. The molecule has 0 aliphatic carbocycles. The van der Waals surface area contributed by atoms with Gasteiger partial charge in [-0.3, -0.25) is 15.4 Å². The number of methoxy groups -OCH3 is 1. The number of ether oxygens (including phenoxy) is 1. The first kappa shape index (κ1) is 16.3. The van der Waals surface area contributed by atoms with E-state index in [0.717, 1.165) is 16.6 Å². The molecule has 2 aromatic heterocycles. The number of non-ortho nitro benzene ring substituents is 1. The average molecular weight is 370 g/mol. The van der Waals surface area contributed by atoms with E-state index in [4.69, 9.17) is 9.15 Å². The zero-order valence-corrected chi connectivity index (χ0v) is 15.0. The molecule has 132 valence electrons. The standard InChI is InChI=1S/C17H14N4O4S/c1-8-4-11-13(5-9(8)2)25-16(18-11)20-17-19-15-12(21(22)23)6-10(24-3)7-14(15)26-17/h4-7H,1-3H3,(H,18,19,20). The summed E-state index contributed by atoms with van der Waals surface area (Å²) in [5, 5.41) is 14.7. The van der Waals surface area contributed by atoms with Crippen LogP contribution in [0.3, 0.4) is 0 Å². The Kier molecular flexibility index (Phi) is 3.73. The van der Waals surface area contributed by atoms with Crippen LogP contribution < -0.4 is 10.1 Å². The fraction of sp³-hybridized carbons (Fsp3) is 0.176. The molecule has 0 unspecified atom stereocenters. The van der Waals surface area contributed by atoms with Crippen LogP contribution in [0.5, 0.6) is 5.75 Å². The fourth-order valence-corrected chi connectivity index (χ4v) is 3.53. The zero-order valence-electron chi connectivity index (χ0n) is 14.2. The van der Waals surface area contributed by atoms with Crippen LogP contribution >= 0.6 is 11.3 Å². The van der Waals surface area contributed by atoms with Crippen LogP contribution in [0.15, 0.2) is 28.7 Å². The van der Waals surface area contributed by atoms with Crippen molar-refractivity contribution >= 4 is 49.5 Å². The SMILES string of the molecule is COc1cc([N+](=O)[O-])c2nc(Nc3nc4cc(C)c(C)cc4o3)sc2c1. The number of nitrogens with one attached hydrogen (secondary N) is 1. The Morgan fingerprint density at radius 1 is 1.19 bits per heavy atom. The van der Waals surface area contributed by atoms with Crippen molar-refractivity contribution in [2.75, 3.05) is 12.4 Å². The molecule has 0 bridgehead atoms. The first-order chi connectivity index (χ1) is 12.4. The first-order valence-electron chi connectivity index (χ1n) is 7.72. The summed E-state index contributed by atoms with van der Waals surface area (Å²) in [4.78, 5) is 19.5. The highest BCUT2D eigenvalue weighted by molar-refractivity contribution is 7.22. The van der Waals surface area contributed by atoms with E-state index in [1.54, 1.807) is 6.07 Å². The molecule has 4 aromatic rings. The monoisotopic (exact) mass is 370 g/mol. The molecule has 0 fully saturated rings. The molecule has 0 radical (unpaired) electrons. The molecule has 0 aliphatic heterocycles. The maximum absolute atomic E-state index is 11.3. The highest BCUT2D eigenvalue weighted by atomic mass is 32.1. The van der Waals surface area contributed by atoms with Crippen LogP contribution in [0.2, 0.25) is 0 Å². The van der Waals surface area contributed by atoms with Crippen molar-refractivity contribution < 1.29 is 14.1 Å². The van der Waals surface area contributed by atoms with E-state index < -0.39 is 4.92 Å². The van der Waals surface area contributed by atoms with Gasteiger partial charge in [0.25, 0.3) is 5.69 Å². The molecule has 0 saturated carbocycles. The number of rotatable bonds is 4. The minimum atomic E-state index is -0.473. The number of hydrogen-bond acceptors (Lipinski definition) is 8. The third kappa shape index (κ3) is 2.72. The number of aromatic nitrogens is 2. The van der Waals surface area contributed by atoms with Gasteiger partial charge in [-0.25, -0.2) is 4.98 Å². The third-order valence-corrected chi connectivity index (χ3v) is 5.02. The smallest absolute Gasteiger partial charge is 0.302 e. The Morgan fingerprint density at radius 3 is 2.69 bits per heavy atom. The van der Waals surface area contributed by atoms with E-state index in [2.05, 4.69) is 15.3 Å². The highest BCUT2D eigenvalue weighted by Crippen LogP contribution is 2.37. The molecule has 2 aromatic carbocycles. The maximum atomic E-state index is 11.3. The van der Waals surface area contributed by atoms with Gasteiger partial charge in [0.05, 0.1) is 22.8 Å². The lowest BCUT2D eigenvalue weighted by atomic mass is 10.1. The number of hydrogen-bond donors (Lipinski definition) is 1. The Morgan fingerprint density at radius 2 is 1.96 bits per heavy atom. The quantitative estimate of drug-likeness (QED) is 0.409. The normalized spacial score (nSPS) is 11.2. The lowest BCUT2D eigenvalue weighted by Crippen LogP contribution is -1.92. The zero-order chi connectivity index (χ0) is 18.4. The predicted molar refractivity (Wildman–Crippen MR) is 99.6 cm³/mol. The topological polar surface area (TPSA) is 103 Å². The minimum absolute atomic E-state index is 0.104. The van der Waals surface area contributed by atoms with E-state index in [1.165, 1.54) is 24.5 Å². The summed E-state index contributed by atoms with van der Waals surface area (Å²) in [7, 11) is 1.47. The van der Waals surface area contributed by atoms with Crippen LogP contribution in [0.4, 0.5) is 16.8 Å². The third-order valence-electron chi connectivity index (χ3n) is 4.10. The van der Waals surface area contributed by atoms with Gasteiger partial charge in [0.15, 0.2) is 16.2 Å². The van der Waals surface area contributed by atoms with Gasteiger partial charge in [0.2, 0.25) is 0 Å².